The van der Waals surface area contributed by atoms with Gasteiger partial charge in [-0.05, 0) is 30.9 Å². The number of anilines is 1. The number of rotatable bonds is 4. The first-order valence-corrected chi connectivity index (χ1v) is 8.27. The molecule has 1 aliphatic carbocycles. The number of fused-ring (bicyclic) bond motifs is 1. The maximum atomic E-state index is 12.7. The molecular formula is C16H18ClN3O3. The molecule has 0 unspecified atom stereocenters. The van der Waals surface area contributed by atoms with Crippen molar-refractivity contribution in [2.45, 2.75) is 12.8 Å². The van der Waals surface area contributed by atoms with Crippen molar-refractivity contribution in [3.8, 4) is 0 Å². The van der Waals surface area contributed by atoms with E-state index in [1.165, 1.54) is 0 Å². The molecule has 2 saturated heterocycles. The number of nitrogens with zero attached hydrogens (tertiary/aromatic N) is 3. The lowest BCUT2D eigenvalue weighted by atomic mass is 9.81. The van der Waals surface area contributed by atoms with Crippen LogP contribution in [-0.4, -0.2) is 53.0 Å². The fraction of sp³-hybridized carbons (Fsp3) is 0.562. The van der Waals surface area contributed by atoms with Crippen LogP contribution in [0.4, 0.5) is 5.82 Å². The molecule has 0 aromatic carbocycles. The molecule has 3 fully saturated rings. The molecule has 1 aromatic rings. The van der Waals surface area contributed by atoms with Crippen molar-refractivity contribution in [1.82, 2.24) is 9.88 Å². The molecule has 1 amide bonds. The van der Waals surface area contributed by atoms with Gasteiger partial charge in [0.1, 0.15) is 11.2 Å². The van der Waals surface area contributed by atoms with Crippen LogP contribution in [0.2, 0.25) is 5.02 Å². The van der Waals surface area contributed by atoms with Crippen LogP contribution in [0.1, 0.15) is 12.8 Å². The molecule has 23 heavy (non-hydrogen) atoms. The topological polar surface area (TPSA) is 73.7 Å². The molecular weight excluding hydrogens is 318 g/mol. The minimum absolute atomic E-state index is 0.0335. The zero-order chi connectivity index (χ0) is 16.2. The number of halogens is 1. The van der Waals surface area contributed by atoms with Gasteiger partial charge in [0.25, 0.3) is 0 Å². The lowest BCUT2D eigenvalue weighted by Crippen LogP contribution is -2.41. The van der Waals surface area contributed by atoms with Gasteiger partial charge in [-0.2, -0.15) is 0 Å². The van der Waals surface area contributed by atoms with Gasteiger partial charge in [0.05, 0.1) is 10.9 Å². The molecule has 122 valence electrons. The molecule has 4 rings (SSSR count). The minimum Gasteiger partial charge on any atom is -0.481 e. The van der Waals surface area contributed by atoms with Crippen molar-refractivity contribution < 1.29 is 14.7 Å². The first-order chi connectivity index (χ1) is 11.0. The normalized spacial score (nSPS) is 30.0. The van der Waals surface area contributed by atoms with Gasteiger partial charge < -0.3 is 14.9 Å². The average Bonchev–Trinajstić information content (AvgIpc) is 3.18. The van der Waals surface area contributed by atoms with E-state index in [0.29, 0.717) is 36.4 Å². The van der Waals surface area contributed by atoms with E-state index >= 15 is 0 Å². The Kier molecular flexibility index (Phi) is 3.27. The van der Waals surface area contributed by atoms with Crippen LogP contribution in [0.15, 0.2) is 18.3 Å². The molecule has 1 saturated carbocycles. The Labute approximate surface area is 139 Å². The molecule has 1 N–H and O–H groups in total. The van der Waals surface area contributed by atoms with E-state index in [1.54, 1.807) is 23.2 Å². The standard InChI is InChI=1S/C16H18ClN3O3/c17-12-2-1-5-18-13(12)19-7-11-14(21)20(6-10-3-4-10)9-16(11,8-19)15(22)23/h1-2,5,10-11H,3-4,6-9H2,(H,22,23)/t11-,16-/m0/s1. The second-order valence-corrected chi connectivity index (χ2v) is 7.27. The molecule has 3 aliphatic rings. The number of pyridine rings is 1. The molecule has 2 aliphatic heterocycles. The summed E-state index contributed by atoms with van der Waals surface area (Å²) in [5.41, 5.74) is -1.05. The smallest absolute Gasteiger partial charge is 0.314 e. The molecule has 3 heterocycles. The summed E-state index contributed by atoms with van der Waals surface area (Å²) in [4.78, 5) is 32.6. The van der Waals surface area contributed by atoms with Crippen molar-refractivity contribution in [3.63, 3.8) is 0 Å². The predicted molar refractivity (Wildman–Crippen MR) is 84.3 cm³/mol. The summed E-state index contributed by atoms with van der Waals surface area (Å²) >= 11 is 6.18. The number of aliphatic carboxylic acids is 1. The number of hydrogen-bond acceptors (Lipinski definition) is 4. The van der Waals surface area contributed by atoms with Crippen LogP contribution in [0.3, 0.4) is 0 Å². The van der Waals surface area contributed by atoms with E-state index in [2.05, 4.69) is 4.98 Å². The van der Waals surface area contributed by atoms with Crippen LogP contribution in [0.25, 0.3) is 0 Å². The predicted octanol–water partition coefficient (Wildman–Crippen LogP) is 1.49. The zero-order valence-corrected chi connectivity index (χ0v) is 13.4. The van der Waals surface area contributed by atoms with Gasteiger partial charge in [0.2, 0.25) is 5.91 Å². The largest absolute Gasteiger partial charge is 0.481 e. The minimum atomic E-state index is -1.05. The van der Waals surface area contributed by atoms with E-state index in [-0.39, 0.29) is 12.5 Å². The van der Waals surface area contributed by atoms with Crippen molar-refractivity contribution in [2.24, 2.45) is 17.3 Å². The zero-order valence-electron chi connectivity index (χ0n) is 12.6. The lowest BCUT2D eigenvalue weighted by molar-refractivity contribution is -0.149. The number of carboxylic acids is 1. The van der Waals surface area contributed by atoms with E-state index < -0.39 is 17.3 Å². The van der Waals surface area contributed by atoms with Crippen molar-refractivity contribution in [1.29, 1.82) is 0 Å². The molecule has 0 bridgehead atoms. The fourth-order valence-electron chi connectivity index (χ4n) is 3.85. The highest BCUT2D eigenvalue weighted by Gasteiger charge is 2.62. The Morgan fingerprint density at radius 3 is 2.83 bits per heavy atom. The quantitative estimate of drug-likeness (QED) is 0.902. The Bertz CT molecular complexity index is 678. The maximum absolute atomic E-state index is 12.7. The summed E-state index contributed by atoms with van der Waals surface area (Å²) in [6.45, 7) is 1.64. The summed E-state index contributed by atoms with van der Waals surface area (Å²) in [6, 6.07) is 3.46. The van der Waals surface area contributed by atoms with E-state index in [4.69, 9.17) is 11.6 Å². The lowest BCUT2D eigenvalue weighted by Gasteiger charge is -2.26. The number of aromatic nitrogens is 1. The van der Waals surface area contributed by atoms with E-state index in [0.717, 1.165) is 12.8 Å². The van der Waals surface area contributed by atoms with Crippen LogP contribution in [0.5, 0.6) is 0 Å². The van der Waals surface area contributed by atoms with Crippen LogP contribution in [-0.2, 0) is 9.59 Å². The first kappa shape index (κ1) is 14.8. The Hall–Kier alpha value is -1.82. The molecule has 0 spiro atoms. The maximum Gasteiger partial charge on any atom is 0.314 e. The Morgan fingerprint density at radius 2 is 2.22 bits per heavy atom. The van der Waals surface area contributed by atoms with Crippen LogP contribution in [0, 0.1) is 17.3 Å². The number of likely N-dealkylation sites (tertiary alicyclic amines) is 1. The van der Waals surface area contributed by atoms with Crippen molar-refractivity contribution in [3.05, 3.63) is 23.4 Å². The summed E-state index contributed by atoms with van der Waals surface area (Å²) in [5, 5.41) is 10.3. The van der Waals surface area contributed by atoms with Gasteiger partial charge in [-0.1, -0.05) is 11.6 Å². The second kappa shape index (κ2) is 5.09. The molecule has 7 heteroatoms. The Balaban J connectivity index is 1.62. The third kappa shape index (κ3) is 2.27. The van der Waals surface area contributed by atoms with Crippen LogP contribution < -0.4 is 4.90 Å². The fourth-order valence-corrected chi connectivity index (χ4v) is 4.09. The van der Waals surface area contributed by atoms with Crippen molar-refractivity contribution in [2.75, 3.05) is 31.1 Å². The van der Waals surface area contributed by atoms with Gasteiger partial charge in [-0.25, -0.2) is 4.98 Å². The first-order valence-electron chi connectivity index (χ1n) is 7.89. The second-order valence-electron chi connectivity index (χ2n) is 6.87. The highest BCUT2D eigenvalue weighted by atomic mass is 35.5. The number of amides is 1. The highest BCUT2D eigenvalue weighted by Crippen LogP contribution is 2.46. The molecule has 1 aromatic heterocycles. The Morgan fingerprint density at radius 1 is 1.43 bits per heavy atom. The summed E-state index contributed by atoms with van der Waals surface area (Å²) in [6.07, 6.45) is 3.92. The van der Waals surface area contributed by atoms with Gasteiger partial charge in [0, 0.05) is 32.4 Å². The number of carbonyl (C=O) groups excluding carboxylic acids is 1. The summed E-state index contributed by atoms with van der Waals surface area (Å²) < 4.78 is 0. The highest BCUT2D eigenvalue weighted by molar-refractivity contribution is 6.33. The SMILES string of the molecule is O=C1[C@@H]2CN(c3ncccc3Cl)C[C@]2(C(=O)O)CN1CC1CC1. The molecule has 6 nitrogen and oxygen atoms in total. The number of carbonyl (C=O) groups is 2. The average molecular weight is 336 g/mol. The van der Waals surface area contributed by atoms with Gasteiger partial charge >= 0.3 is 5.97 Å². The van der Waals surface area contributed by atoms with Gasteiger partial charge in [-0.3, -0.25) is 9.59 Å². The molecule has 0 radical (unpaired) electrons. The van der Waals surface area contributed by atoms with Crippen molar-refractivity contribution >= 4 is 29.3 Å². The number of carboxylic acid groups (broad SMARTS) is 1. The number of hydrogen-bond donors (Lipinski definition) is 1. The van der Waals surface area contributed by atoms with Gasteiger partial charge in [0.15, 0.2) is 0 Å². The van der Waals surface area contributed by atoms with E-state index in [1.807, 2.05) is 4.90 Å². The molecule has 2 atom stereocenters. The summed E-state index contributed by atoms with van der Waals surface area (Å²) in [7, 11) is 0. The van der Waals surface area contributed by atoms with E-state index in [9.17, 15) is 14.7 Å². The third-order valence-electron chi connectivity index (χ3n) is 5.27. The summed E-state index contributed by atoms with van der Waals surface area (Å²) in [5.74, 6) is -0.329. The third-order valence-corrected chi connectivity index (χ3v) is 5.56. The monoisotopic (exact) mass is 335 g/mol. The van der Waals surface area contributed by atoms with Gasteiger partial charge in [-0.15, -0.1) is 0 Å². The van der Waals surface area contributed by atoms with Crippen LogP contribution >= 0.6 is 11.6 Å².